The molecule has 2 heterocycles. The third kappa shape index (κ3) is 5.00. The van der Waals surface area contributed by atoms with Crippen LogP contribution in [0.4, 0.5) is 0 Å². The average molecular weight is 485 g/mol. The molecule has 176 valence electrons. The molecule has 1 aliphatic rings. The summed E-state index contributed by atoms with van der Waals surface area (Å²) in [5.74, 6) is 1.47. The Labute approximate surface area is 209 Å². The first-order valence-electron chi connectivity index (χ1n) is 11.6. The first kappa shape index (κ1) is 22.9. The topological polar surface area (TPSA) is 55.6 Å². The van der Waals surface area contributed by atoms with Crippen LogP contribution in [0.2, 0.25) is 5.02 Å². The lowest BCUT2D eigenvalue weighted by molar-refractivity contribution is -0.125. The first-order chi connectivity index (χ1) is 17.1. The zero-order chi connectivity index (χ0) is 24.2. The SMILES string of the molecule is CCOc1ccc(/C=C(/C(=O)N2CCc3noc(-c4ccc(Cl)cc4)c3C2)c2ccccc2)cc1. The highest BCUT2D eigenvalue weighted by Crippen LogP contribution is 2.33. The van der Waals surface area contributed by atoms with Gasteiger partial charge in [0.25, 0.3) is 5.91 Å². The molecular weight excluding hydrogens is 460 g/mol. The Bertz CT molecular complexity index is 1340. The van der Waals surface area contributed by atoms with E-state index in [4.69, 9.17) is 20.9 Å². The number of carbonyl (C=O) groups excluding carboxylic acids is 1. The number of nitrogens with zero attached hydrogens (tertiary/aromatic N) is 2. The summed E-state index contributed by atoms with van der Waals surface area (Å²) in [6.07, 6.45) is 2.58. The van der Waals surface area contributed by atoms with Crippen molar-refractivity contribution < 1.29 is 14.1 Å². The maximum Gasteiger partial charge on any atom is 0.254 e. The molecule has 6 heteroatoms. The molecule has 5 rings (SSSR count). The molecule has 0 spiro atoms. The van der Waals surface area contributed by atoms with Gasteiger partial charge in [-0.15, -0.1) is 0 Å². The zero-order valence-electron chi connectivity index (χ0n) is 19.4. The van der Waals surface area contributed by atoms with Crippen LogP contribution < -0.4 is 4.74 Å². The van der Waals surface area contributed by atoms with E-state index in [0.29, 0.717) is 42.5 Å². The maximum absolute atomic E-state index is 13.9. The lowest BCUT2D eigenvalue weighted by atomic mass is 9.98. The number of carbonyl (C=O) groups is 1. The minimum Gasteiger partial charge on any atom is -0.494 e. The van der Waals surface area contributed by atoms with E-state index >= 15 is 0 Å². The number of halogens is 1. The summed E-state index contributed by atoms with van der Waals surface area (Å²) in [4.78, 5) is 15.7. The third-order valence-corrected chi connectivity index (χ3v) is 6.30. The van der Waals surface area contributed by atoms with Crippen molar-refractivity contribution in [2.24, 2.45) is 0 Å². The van der Waals surface area contributed by atoms with Crippen molar-refractivity contribution in [2.75, 3.05) is 13.2 Å². The molecule has 3 aromatic carbocycles. The molecular formula is C29H25ClN2O3. The van der Waals surface area contributed by atoms with Gasteiger partial charge < -0.3 is 14.2 Å². The van der Waals surface area contributed by atoms with Crippen LogP contribution in [-0.4, -0.2) is 29.1 Å². The van der Waals surface area contributed by atoms with Gasteiger partial charge in [0, 0.05) is 34.7 Å². The third-order valence-electron chi connectivity index (χ3n) is 6.05. The highest BCUT2D eigenvalue weighted by Gasteiger charge is 2.29. The van der Waals surface area contributed by atoms with Crippen molar-refractivity contribution in [3.05, 3.63) is 106 Å². The van der Waals surface area contributed by atoms with Crippen molar-refractivity contribution in [1.29, 1.82) is 0 Å². The summed E-state index contributed by atoms with van der Waals surface area (Å²) in [5, 5.41) is 4.93. The number of ether oxygens (including phenoxy) is 1. The highest BCUT2D eigenvalue weighted by atomic mass is 35.5. The molecule has 0 N–H and O–H groups in total. The zero-order valence-corrected chi connectivity index (χ0v) is 20.2. The molecule has 4 aromatic rings. The summed E-state index contributed by atoms with van der Waals surface area (Å²) in [6.45, 7) is 3.58. The van der Waals surface area contributed by atoms with Gasteiger partial charge in [0.2, 0.25) is 0 Å². The van der Waals surface area contributed by atoms with Crippen LogP contribution in [0.25, 0.3) is 23.0 Å². The fraction of sp³-hybridized carbons (Fsp3) is 0.172. The van der Waals surface area contributed by atoms with Gasteiger partial charge in [0.05, 0.1) is 18.8 Å². The molecule has 0 unspecified atom stereocenters. The lowest BCUT2D eigenvalue weighted by Gasteiger charge is -2.27. The average Bonchev–Trinajstić information content (AvgIpc) is 3.32. The van der Waals surface area contributed by atoms with Crippen molar-refractivity contribution in [3.63, 3.8) is 0 Å². The molecule has 0 bridgehead atoms. The number of fused-ring (bicyclic) bond motifs is 1. The van der Waals surface area contributed by atoms with Crippen molar-refractivity contribution in [2.45, 2.75) is 19.9 Å². The standard InChI is InChI=1S/C29H25ClN2O3/c1-2-34-24-14-8-20(9-15-24)18-25(21-6-4-3-5-7-21)29(33)32-17-16-27-26(19-32)28(35-31-27)22-10-12-23(30)13-11-22/h3-15,18H,2,16-17,19H2,1H3/b25-18+. The highest BCUT2D eigenvalue weighted by molar-refractivity contribution is 6.30. The molecule has 0 aliphatic carbocycles. The summed E-state index contributed by atoms with van der Waals surface area (Å²) in [5.41, 5.74) is 5.19. The van der Waals surface area contributed by atoms with Crippen LogP contribution in [-0.2, 0) is 17.8 Å². The molecule has 1 aliphatic heterocycles. The van der Waals surface area contributed by atoms with Crippen molar-refractivity contribution >= 4 is 29.2 Å². The Morgan fingerprint density at radius 3 is 2.51 bits per heavy atom. The number of hydrogen-bond donors (Lipinski definition) is 0. The normalized spacial score (nSPS) is 13.4. The van der Waals surface area contributed by atoms with Crippen LogP contribution >= 0.6 is 11.6 Å². The van der Waals surface area contributed by atoms with E-state index in [-0.39, 0.29) is 5.91 Å². The summed E-state index contributed by atoms with van der Waals surface area (Å²) in [7, 11) is 0. The number of hydrogen-bond acceptors (Lipinski definition) is 4. The maximum atomic E-state index is 13.9. The predicted octanol–water partition coefficient (Wildman–Crippen LogP) is 6.52. The van der Waals surface area contributed by atoms with E-state index in [0.717, 1.165) is 33.7 Å². The van der Waals surface area contributed by atoms with E-state index in [1.165, 1.54) is 0 Å². The Balaban J connectivity index is 1.46. The van der Waals surface area contributed by atoms with E-state index in [1.54, 1.807) is 0 Å². The smallest absolute Gasteiger partial charge is 0.254 e. The van der Waals surface area contributed by atoms with Crippen LogP contribution in [0, 0.1) is 0 Å². The number of benzene rings is 3. The number of amides is 1. The van der Waals surface area contributed by atoms with Gasteiger partial charge in [0.1, 0.15) is 5.75 Å². The molecule has 0 fully saturated rings. The largest absolute Gasteiger partial charge is 0.494 e. The van der Waals surface area contributed by atoms with Gasteiger partial charge in [-0.2, -0.15) is 0 Å². The Morgan fingerprint density at radius 2 is 1.80 bits per heavy atom. The van der Waals surface area contributed by atoms with E-state index in [1.807, 2.05) is 96.8 Å². The minimum atomic E-state index is -0.0287. The summed E-state index contributed by atoms with van der Waals surface area (Å²) in [6, 6.07) is 25.0. The Hall–Kier alpha value is -3.83. The molecule has 0 atom stereocenters. The predicted molar refractivity (Wildman–Crippen MR) is 138 cm³/mol. The van der Waals surface area contributed by atoms with E-state index < -0.39 is 0 Å². The van der Waals surface area contributed by atoms with E-state index in [9.17, 15) is 4.79 Å². The molecule has 1 amide bonds. The monoisotopic (exact) mass is 484 g/mol. The second kappa shape index (κ2) is 10.2. The van der Waals surface area contributed by atoms with Crippen LogP contribution in [0.3, 0.4) is 0 Å². The van der Waals surface area contributed by atoms with Gasteiger partial charge in [-0.05, 0) is 60.5 Å². The van der Waals surface area contributed by atoms with Crippen molar-refractivity contribution in [3.8, 4) is 17.1 Å². The fourth-order valence-electron chi connectivity index (χ4n) is 4.26. The fourth-order valence-corrected chi connectivity index (χ4v) is 4.39. The number of aromatic nitrogens is 1. The second-order valence-corrected chi connectivity index (χ2v) is 8.78. The van der Waals surface area contributed by atoms with Gasteiger partial charge in [-0.1, -0.05) is 59.2 Å². The summed E-state index contributed by atoms with van der Waals surface area (Å²) >= 11 is 6.05. The van der Waals surface area contributed by atoms with Crippen molar-refractivity contribution in [1.82, 2.24) is 10.1 Å². The quantitative estimate of drug-likeness (QED) is 0.231. The van der Waals surface area contributed by atoms with Gasteiger partial charge >= 0.3 is 0 Å². The summed E-state index contributed by atoms with van der Waals surface area (Å²) < 4.78 is 11.2. The Kier molecular flexibility index (Phi) is 6.68. The van der Waals surface area contributed by atoms with Crippen LogP contribution in [0.15, 0.2) is 83.4 Å². The molecule has 0 radical (unpaired) electrons. The molecule has 35 heavy (non-hydrogen) atoms. The van der Waals surface area contributed by atoms with Gasteiger partial charge in [0.15, 0.2) is 5.76 Å². The molecule has 0 saturated carbocycles. The minimum absolute atomic E-state index is 0.0287. The van der Waals surface area contributed by atoms with Gasteiger partial charge in [-0.3, -0.25) is 4.79 Å². The Morgan fingerprint density at radius 1 is 1.06 bits per heavy atom. The first-order valence-corrected chi connectivity index (χ1v) is 12.0. The molecule has 1 aromatic heterocycles. The van der Waals surface area contributed by atoms with Crippen LogP contribution in [0.5, 0.6) is 5.75 Å². The lowest BCUT2D eigenvalue weighted by Crippen LogP contribution is -2.36. The van der Waals surface area contributed by atoms with Gasteiger partial charge in [-0.25, -0.2) is 0 Å². The molecule has 0 saturated heterocycles. The number of rotatable bonds is 6. The van der Waals surface area contributed by atoms with E-state index in [2.05, 4.69) is 5.16 Å². The van der Waals surface area contributed by atoms with Crippen LogP contribution in [0.1, 0.15) is 29.3 Å². The second-order valence-electron chi connectivity index (χ2n) is 8.35. The molecule has 5 nitrogen and oxygen atoms in total.